The van der Waals surface area contributed by atoms with Crippen molar-refractivity contribution in [1.82, 2.24) is 20.9 Å². The molecule has 0 saturated carbocycles. The number of amides is 4. The van der Waals surface area contributed by atoms with Gasteiger partial charge in [0.15, 0.2) is 5.54 Å². The number of carboxylic acid groups (broad SMARTS) is 1. The summed E-state index contributed by atoms with van der Waals surface area (Å²) in [7, 11) is 0. The van der Waals surface area contributed by atoms with E-state index in [4.69, 9.17) is 5.11 Å². The molecular formula is C9H10N4O4S. The summed E-state index contributed by atoms with van der Waals surface area (Å²) in [6, 6.07) is -0.667. The number of aromatic nitrogens is 1. The number of thiazole rings is 1. The van der Waals surface area contributed by atoms with E-state index in [9.17, 15) is 14.4 Å². The zero-order valence-corrected chi connectivity index (χ0v) is 10.1. The van der Waals surface area contributed by atoms with Gasteiger partial charge in [0.05, 0.1) is 17.7 Å². The number of aryl methyl sites for hydroxylation is 1. The first-order chi connectivity index (χ1) is 8.45. The SMILES string of the molecule is Cc1scnc1C1(CNC(=O)O)NC(=O)NC1=O. The van der Waals surface area contributed by atoms with Gasteiger partial charge in [-0.25, -0.2) is 14.6 Å². The van der Waals surface area contributed by atoms with Crippen LogP contribution >= 0.6 is 11.3 Å². The lowest BCUT2D eigenvalue weighted by Gasteiger charge is -2.24. The summed E-state index contributed by atoms with van der Waals surface area (Å²) in [6.45, 7) is 1.47. The smallest absolute Gasteiger partial charge is 0.404 e. The van der Waals surface area contributed by atoms with Gasteiger partial charge in [0.2, 0.25) is 0 Å². The summed E-state index contributed by atoms with van der Waals surface area (Å²) in [4.78, 5) is 38.5. The summed E-state index contributed by atoms with van der Waals surface area (Å²) in [5, 5.41) is 15.3. The lowest BCUT2D eigenvalue weighted by Crippen LogP contribution is -2.53. The van der Waals surface area contributed by atoms with E-state index in [0.29, 0.717) is 5.69 Å². The van der Waals surface area contributed by atoms with Crippen molar-refractivity contribution < 1.29 is 19.5 Å². The van der Waals surface area contributed by atoms with E-state index in [1.807, 2.05) is 0 Å². The highest BCUT2D eigenvalue weighted by Gasteiger charge is 2.50. The number of carbonyl (C=O) groups excluding carboxylic acids is 2. The van der Waals surface area contributed by atoms with Crippen LogP contribution in [0.1, 0.15) is 10.6 Å². The molecule has 1 atom stereocenters. The first-order valence-corrected chi connectivity index (χ1v) is 5.84. The van der Waals surface area contributed by atoms with Gasteiger partial charge in [-0.2, -0.15) is 0 Å². The van der Waals surface area contributed by atoms with Gasteiger partial charge in [0.1, 0.15) is 0 Å². The van der Waals surface area contributed by atoms with Gasteiger partial charge in [0, 0.05) is 4.88 Å². The standard InChI is InChI=1S/C9H10N4O4S/c1-4-5(11-3-18-4)9(2-10-8(16)17)6(14)12-7(15)13-9/h3,10H,2H2,1H3,(H,16,17)(H2,12,13,14,15). The fraction of sp³-hybridized carbons (Fsp3) is 0.333. The molecule has 0 bridgehead atoms. The Hall–Kier alpha value is -2.16. The minimum absolute atomic E-state index is 0.273. The van der Waals surface area contributed by atoms with Gasteiger partial charge in [-0.05, 0) is 6.92 Å². The molecule has 1 unspecified atom stereocenters. The van der Waals surface area contributed by atoms with Crippen LogP contribution in [-0.2, 0) is 10.3 Å². The average Bonchev–Trinajstić information content (AvgIpc) is 2.81. The minimum atomic E-state index is -1.47. The molecule has 0 aromatic carbocycles. The molecule has 96 valence electrons. The number of imide groups is 1. The molecule has 0 radical (unpaired) electrons. The molecule has 8 nitrogen and oxygen atoms in total. The number of nitrogens with zero attached hydrogens (tertiary/aromatic N) is 1. The summed E-state index contributed by atoms with van der Waals surface area (Å²) in [5.41, 5.74) is 0.411. The monoisotopic (exact) mass is 270 g/mol. The van der Waals surface area contributed by atoms with Gasteiger partial charge < -0.3 is 15.7 Å². The molecule has 18 heavy (non-hydrogen) atoms. The number of hydrogen-bond acceptors (Lipinski definition) is 5. The molecule has 4 N–H and O–H groups in total. The van der Waals surface area contributed by atoms with Crippen molar-refractivity contribution in [1.29, 1.82) is 0 Å². The van der Waals surface area contributed by atoms with Crippen LogP contribution in [-0.4, -0.2) is 34.7 Å². The number of rotatable bonds is 3. The van der Waals surface area contributed by atoms with E-state index in [1.54, 1.807) is 6.92 Å². The van der Waals surface area contributed by atoms with Crippen molar-refractivity contribution in [2.75, 3.05) is 6.54 Å². The Balaban J connectivity index is 2.40. The highest BCUT2D eigenvalue weighted by atomic mass is 32.1. The molecule has 1 aromatic heterocycles. The zero-order chi connectivity index (χ0) is 13.3. The molecule has 2 heterocycles. The van der Waals surface area contributed by atoms with Crippen LogP contribution < -0.4 is 16.0 Å². The molecule has 1 aromatic rings. The lowest BCUT2D eigenvalue weighted by molar-refractivity contribution is -0.124. The van der Waals surface area contributed by atoms with Crippen molar-refractivity contribution in [3.05, 3.63) is 16.1 Å². The van der Waals surface area contributed by atoms with E-state index in [2.05, 4.69) is 20.9 Å². The fourth-order valence-electron chi connectivity index (χ4n) is 1.79. The molecule has 1 saturated heterocycles. The Morgan fingerprint density at radius 3 is 2.78 bits per heavy atom. The second-order valence-corrected chi connectivity index (χ2v) is 4.79. The predicted octanol–water partition coefficient (Wildman–Crippen LogP) is -0.246. The number of nitrogens with one attached hydrogen (secondary N) is 3. The molecule has 1 aliphatic heterocycles. The lowest BCUT2D eigenvalue weighted by atomic mass is 9.94. The van der Waals surface area contributed by atoms with E-state index in [1.165, 1.54) is 16.8 Å². The molecule has 0 spiro atoms. The largest absolute Gasteiger partial charge is 0.465 e. The molecule has 1 fully saturated rings. The Morgan fingerprint density at radius 2 is 2.33 bits per heavy atom. The van der Waals surface area contributed by atoms with Gasteiger partial charge in [-0.1, -0.05) is 0 Å². The molecule has 1 aliphatic rings. The Kier molecular flexibility index (Phi) is 2.91. The van der Waals surface area contributed by atoms with E-state index in [0.717, 1.165) is 4.88 Å². The Morgan fingerprint density at radius 1 is 1.61 bits per heavy atom. The third-order valence-electron chi connectivity index (χ3n) is 2.60. The van der Waals surface area contributed by atoms with E-state index in [-0.39, 0.29) is 6.54 Å². The van der Waals surface area contributed by atoms with Crippen molar-refractivity contribution in [2.24, 2.45) is 0 Å². The van der Waals surface area contributed by atoms with Crippen LogP contribution in [0.25, 0.3) is 0 Å². The zero-order valence-electron chi connectivity index (χ0n) is 9.31. The second kappa shape index (κ2) is 4.26. The predicted molar refractivity (Wildman–Crippen MR) is 61.2 cm³/mol. The molecule has 2 rings (SSSR count). The maximum Gasteiger partial charge on any atom is 0.404 e. The van der Waals surface area contributed by atoms with Crippen LogP contribution in [0.4, 0.5) is 9.59 Å². The molecule has 4 amide bonds. The molecule has 0 aliphatic carbocycles. The van der Waals surface area contributed by atoms with Gasteiger partial charge in [-0.3, -0.25) is 10.1 Å². The number of carbonyl (C=O) groups is 3. The minimum Gasteiger partial charge on any atom is -0.465 e. The second-order valence-electron chi connectivity index (χ2n) is 3.73. The van der Waals surface area contributed by atoms with Gasteiger partial charge in [0.25, 0.3) is 5.91 Å². The third-order valence-corrected chi connectivity index (χ3v) is 3.35. The van der Waals surface area contributed by atoms with Crippen LogP contribution in [0.3, 0.4) is 0 Å². The first-order valence-electron chi connectivity index (χ1n) is 4.96. The maximum absolute atomic E-state index is 11.9. The Bertz CT molecular complexity index is 528. The quantitative estimate of drug-likeness (QED) is 0.565. The van der Waals surface area contributed by atoms with Crippen LogP contribution in [0.2, 0.25) is 0 Å². The van der Waals surface area contributed by atoms with Crippen molar-refractivity contribution in [3.8, 4) is 0 Å². The first kappa shape index (κ1) is 12.3. The van der Waals surface area contributed by atoms with Crippen molar-refractivity contribution in [2.45, 2.75) is 12.5 Å². The van der Waals surface area contributed by atoms with Gasteiger partial charge in [-0.15, -0.1) is 11.3 Å². The summed E-state index contributed by atoms with van der Waals surface area (Å²) < 4.78 is 0. The average molecular weight is 270 g/mol. The van der Waals surface area contributed by atoms with Crippen LogP contribution in [0.15, 0.2) is 5.51 Å². The van der Waals surface area contributed by atoms with E-state index < -0.39 is 23.6 Å². The third kappa shape index (κ3) is 1.88. The maximum atomic E-state index is 11.9. The summed E-state index contributed by atoms with van der Waals surface area (Å²) >= 11 is 1.31. The van der Waals surface area contributed by atoms with Gasteiger partial charge >= 0.3 is 12.1 Å². The highest BCUT2D eigenvalue weighted by molar-refractivity contribution is 7.09. The molecular weight excluding hydrogens is 260 g/mol. The topological polar surface area (TPSA) is 120 Å². The fourth-order valence-corrected chi connectivity index (χ4v) is 2.45. The Labute approximate surface area is 105 Å². The van der Waals surface area contributed by atoms with Crippen LogP contribution in [0, 0.1) is 6.92 Å². The highest BCUT2D eigenvalue weighted by Crippen LogP contribution is 2.27. The van der Waals surface area contributed by atoms with Crippen molar-refractivity contribution >= 4 is 29.4 Å². The number of urea groups is 1. The van der Waals surface area contributed by atoms with Crippen molar-refractivity contribution in [3.63, 3.8) is 0 Å². The van der Waals surface area contributed by atoms with E-state index >= 15 is 0 Å². The summed E-state index contributed by atoms with van der Waals surface area (Å²) in [5.74, 6) is -0.616. The number of hydrogen-bond donors (Lipinski definition) is 4. The summed E-state index contributed by atoms with van der Waals surface area (Å²) in [6.07, 6.45) is -1.28. The normalized spacial score (nSPS) is 22.5. The van der Waals surface area contributed by atoms with Crippen LogP contribution in [0.5, 0.6) is 0 Å². The molecule has 9 heteroatoms.